The first kappa shape index (κ1) is 17.3. The van der Waals surface area contributed by atoms with Gasteiger partial charge in [0.2, 0.25) is 4.77 Å². The number of nitrogens with one attached hydrogen (secondary N) is 1. The highest BCUT2D eigenvalue weighted by Gasteiger charge is 2.60. The third-order valence-corrected chi connectivity index (χ3v) is 5.18. The number of hydrogen-bond donors (Lipinski definition) is 1. The second-order valence-corrected chi connectivity index (χ2v) is 7.06. The Morgan fingerprint density at radius 3 is 2.85 bits per heavy atom. The lowest BCUT2D eigenvalue weighted by atomic mass is 9.90. The maximum Gasteiger partial charge on any atom is 0.215 e. The average Bonchev–Trinajstić information content (AvgIpc) is 3.19. The van der Waals surface area contributed by atoms with Crippen molar-refractivity contribution in [2.45, 2.75) is 25.2 Å². The van der Waals surface area contributed by atoms with Gasteiger partial charge in [0.1, 0.15) is 29.7 Å². The molecule has 0 saturated carbocycles. The van der Waals surface area contributed by atoms with E-state index in [4.69, 9.17) is 28.6 Å². The fraction of sp³-hybridized carbons (Fsp3) is 0.222. The monoisotopic (exact) mass is 393 g/mol. The van der Waals surface area contributed by atoms with Crippen molar-refractivity contribution >= 4 is 23.8 Å². The fourth-order valence-electron chi connectivity index (χ4n) is 3.21. The van der Waals surface area contributed by atoms with Gasteiger partial charge in [-0.05, 0) is 43.4 Å². The van der Waals surface area contributed by atoms with Crippen LogP contribution >= 0.6 is 23.8 Å². The highest BCUT2D eigenvalue weighted by molar-refractivity contribution is 7.71. The largest absolute Gasteiger partial charge is 0.354 e. The number of hydrogen-bond acceptors (Lipinski definition) is 3. The van der Waals surface area contributed by atoms with Crippen LogP contribution in [0.2, 0.25) is 5.02 Å². The lowest BCUT2D eigenvalue weighted by Crippen LogP contribution is -2.21. The minimum absolute atomic E-state index is 0.201. The van der Waals surface area contributed by atoms with Gasteiger partial charge in [-0.2, -0.15) is 0 Å². The first-order valence-electron chi connectivity index (χ1n) is 7.90. The molecule has 8 heteroatoms. The number of aryl methyl sites for hydroxylation is 1. The molecule has 1 saturated heterocycles. The summed E-state index contributed by atoms with van der Waals surface area (Å²) in [7, 11) is 0. The number of H-pyrrole nitrogens is 1. The molecule has 2 atom stereocenters. The number of aromatic nitrogens is 3. The van der Waals surface area contributed by atoms with Crippen LogP contribution in [0.3, 0.4) is 0 Å². The van der Waals surface area contributed by atoms with E-state index in [2.05, 4.69) is 10.1 Å². The Labute approximate surface area is 158 Å². The summed E-state index contributed by atoms with van der Waals surface area (Å²) >= 11 is 11.5. The molecule has 1 aliphatic heterocycles. The van der Waals surface area contributed by atoms with Gasteiger partial charge in [-0.3, -0.25) is 9.78 Å². The molecule has 2 aromatic carbocycles. The van der Waals surface area contributed by atoms with Crippen molar-refractivity contribution in [1.82, 2.24) is 14.8 Å². The summed E-state index contributed by atoms with van der Waals surface area (Å²) in [5, 5.41) is 3.23. The zero-order chi connectivity index (χ0) is 18.5. The van der Waals surface area contributed by atoms with E-state index >= 15 is 0 Å². The van der Waals surface area contributed by atoms with Gasteiger partial charge < -0.3 is 4.74 Å². The molecule has 1 fully saturated rings. The third kappa shape index (κ3) is 2.86. The lowest BCUT2D eigenvalue weighted by Gasteiger charge is -2.16. The maximum absolute atomic E-state index is 14.4. The molecule has 1 N–H and O–H groups in total. The molecule has 2 heterocycles. The summed E-state index contributed by atoms with van der Waals surface area (Å²) in [6.07, 6.45) is 0.834. The van der Waals surface area contributed by atoms with Crippen LogP contribution in [0.5, 0.6) is 0 Å². The fourth-order valence-corrected chi connectivity index (χ4v) is 3.66. The summed E-state index contributed by atoms with van der Waals surface area (Å²) in [6.45, 7) is 2.07. The first-order valence-corrected chi connectivity index (χ1v) is 8.69. The Balaban J connectivity index is 1.84. The molecule has 0 aliphatic carbocycles. The van der Waals surface area contributed by atoms with E-state index in [1.807, 2.05) is 6.92 Å². The molecule has 0 radical (unpaired) electrons. The Hall–Kier alpha value is -2.09. The van der Waals surface area contributed by atoms with Gasteiger partial charge in [0.05, 0.1) is 6.54 Å². The topological polar surface area (TPSA) is 46.1 Å². The predicted molar refractivity (Wildman–Crippen MR) is 95.5 cm³/mol. The van der Waals surface area contributed by atoms with Crippen molar-refractivity contribution in [3.8, 4) is 0 Å². The summed E-state index contributed by atoms with van der Waals surface area (Å²) < 4.78 is 36.2. The summed E-state index contributed by atoms with van der Waals surface area (Å²) in [6, 6.07) is 8.85. The van der Waals surface area contributed by atoms with E-state index in [9.17, 15) is 8.78 Å². The summed E-state index contributed by atoms with van der Waals surface area (Å²) in [4.78, 5) is 3.98. The van der Waals surface area contributed by atoms with E-state index < -0.39 is 17.5 Å². The second kappa shape index (κ2) is 6.26. The molecule has 0 bridgehead atoms. The van der Waals surface area contributed by atoms with Crippen LogP contribution in [0.4, 0.5) is 8.78 Å². The van der Waals surface area contributed by atoms with Gasteiger partial charge in [-0.15, -0.1) is 0 Å². The van der Waals surface area contributed by atoms with Crippen molar-refractivity contribution in [1.29, 1.82) is 0 Å². The van der Waals surface area contributed by atoms with E-state index in [-0.39, 0.29) is 12.4 Å². The number of rotatable bonds is 4. The van der Waals surface area contributed by atoms with E-state index in [1.54, 1.807) is 16.8 Å². The normalized spacial score (nSPS) is 21.8. The number of aromatic amines is 1. The minimum atomic E-state index is -1.04. The molecular weight excluding hydrogens is 380 g/mol. The smallest absolute Gasteiger partial charge is 0.215 e. The number of ether oxygens (including phenoxy) is 1. The van der Waals surface area contributed by atoms with Gasteiger partial charge in [0.15, 0.2) is 0 Å². The first-order chi connectivity index (χ1) is 12.4. The highest BCUT2D eigenvalue weighted by atomic mass is 35.5. The number of epoxide rings is 1. The van der Waals surface area contributed by atoms with Crippen LogP contribution in [0.25, 0.3) is 0 Å². The second-order valence-electron chi connectivity index (χ2n) is 6.29. The van der Waals surface area contributed by atoms with Gasteiger partial charge >= 0.3 is 0 Å². The molecule has 1 aliphatic rings. The SMILES string of the molecule is Cc1ccc(F)c(C2OC2(Cn2[nH]cnc2=S)c2cc(F)ccc2Cl)c1. The Morgan fingerprint density at radius 1 is 1.31 bits per heavy atom. The summed E-state index contributed by atoms with van der Waals surface area (Å²) in [5.41, 5.74) is 0.700. The van der Waals surface area contributed by atoms with Gasteiger partial charge in [0, 0.05) is 16.1 Å². The molecule has 0 amide bonds. The third-order valence-electron chi connectivity index (χ3n) is 4.53. The molecular formula is C18H14ClF2N3OS. The minimum Gasteiger partial charge on any atom is -0.354 e. The number of halogens is 3. The Bertz CT molecular complexity index is 1050. The maximum atomic E-state index is 14.4. The molecule has 4 nitrogen and oxygen atoms in total. The van der Waals surface area contributed by atoms with Crippen LogP contribution < -0.4 is 0 Å². The summed E-state index contributed by atoms with van der Waals surface area (Å²) in [5.74, 6) is -0.834. The predicted octanol–water partition coefficient (Wildman–Crippen LogP) is 4.85. The van der Waals surface area contributed by atoms with E-state index in [0.717, 1.165) is 5.56 Å². The van der Waals surface area contributed by atoms with Crippen LogP contribution in [0, 0.1) is 23.3 Å². The molecule has 0 spiro atoms. The van der Waals surface area contributed by atoms with Crippen molar-refractivity contribution < 1.29 is 13.5 Å². The molecule has 1 aromatic heterocycles. The standard InChI is InChI=1S/C18H14ClF2N3OS/c1-10-2-5-15(21)12(6-10)16-18(25-16,8-24-17(26)22-9-23-24)13-7-11(20)3-4-14(13)19/h2-7,9,16H,8H2,1H3,(H,22,23,26). The van der Waals surface area contributed by atoms with Crippen molar-refractivity contribution in [2.75, 3.05) is 0 Å². The highest BCUT2D eigenvalue weighted by Crippen LogP contribution is 2.60. The van der Waals surface area contributed by atoms with Gasteiger partial charge in [-0.1, -0.05) is 29.3 Å². The molecule has 4 rings (SSSR count). The van der Waals surface area contributed by atoms with Crippen molar-refractivity contribution in [3.05, 3.63) is 80.8 Å². The molecule has 26 heavy (non-hydrogen) atoms. The van der Waals surface area contributed by atoms with Gasteiger partial charge in [-0.25, -0.2) is 13.8 Å². The van der Waals surface area contributed by atoms with Crippen molar-refractivity contribution in [3.63, 3.8) is 0 Å². The molecule has 3 aromatic rings. The van der Waals surface area contributed by atoms with Crippen LogP contribution in [0.1, 0.15) is 22.8 Å². The zero-order valence-electron chi connectivity index (χ0n) is 13.7. The van der Waals surface area contributed by atoms with E-state index in [0.29, 0.717) is 20.9 Å². The Kier molecular flexibility index (Phi) is 4.17. The zero-order valence-corrected chi connectivity index (χ0v) is 15.2. The van der Waals surface area contributed by atoms with Crippen molar-refractivity contribution in [2.24, 2.45) is 0 Å². The van der Waals surface area contributed by atoms with Gasteiger partial charge in [0.25, 0.3) is 0 Å². The number of benzene rings is 2. The van der Waals surface area contributed by atoms with Crippen LogP contribution in [-0.2, 0) is 16.9 Å². The number of nitrogens with zero attached hydrogens (tertiary/aromatic N) is 2. The molecule has 134 valence electrons. The Morgan fingerprint density at radius 2 is 2.12 bits per heavy atom. The van der Waals surface area contributed by atoms with E-state index in [1.165, 1.54) is 30.6 Å². The van der Waals surface area contributed by atoms with Crippen LogP contribution in [0.15, 0.2) is 42.7 Å². The molecule has 2 unspecified atom stereocenters. The average molecular weight is 394 g/mol. The quantitative estimate of drug-likeness (QED) is 0.509. The van der Waals surface area contributed by atoms with Crippen LogP contribution in [-0.4, -0.2) is 14.8 Å². The lowest BCUT2D eigenvalue weighted by molar-refractivity contribution is 0.260.